The minimum atomic E-state index is -0.758. The van der Waals surface area contributed by atoms with Crippen LogP contribution in [0.4, 0.5) is 20.2 Å². The Bertz CT molecular complexity index is 695. The average Bonchev–Trinajstić information content (AvgIpc) is 2.43. The third-order valence-electron chi connectivity index (χ3n) is 2.96. The summed E-state index contributed by atoms with van der Waals surface area (Å²) in [5, 5.41) is 13.4. The van der Waals surface area contributed by atoms with Gasteiger partial charge in [-0.15, -0.1) is 0 Å². The van der Waals surface area contributed by atoms with Gasteiger partial charge in [0.2, 0.25) is 0 Å². The molecule has 1 N–H and O–H groups in total. The summed E-state index contributed by atoms with van der Waals surface area (Å²) in [6, 6.07) is 7.25. The van der Waals surface area contributed by atoms with E-state index in [4.69, 9.17) is 0 Å². The zero-order chi connectivity index (χ0) is 15.6. The molecule has 0 fully saturated rings. The number of hydrogen-bond donors (Lipinski definition) is 1. The van der Waals surface area contributed by atoms with Gasteiger partial charge in [-0.25, -0.2) is 8.78 Å². The molecule has 2 aromatic carbocycles. The number of non-ortho nitro benzene ring substituents is 1. The van der Waals surface area contributed by atoms with E-state index in [1.165, 1.54) is 18.2 Å². The van der Waals surface area contributed by atoms with E-state index in [-0.39, 0.29) is 11.4 Å². The third-order valence-corrected chi connectivity index (χ3v) is 3.45. The van der Waals surface area contributed by atoms with E-state index < -0.39 is 22.6 Å². The molecule has 0 aliphatic rings. The first-order valence-electron chi connectivity index (χ1n) is 6.04. The Morgan fingerprint density at radius 2 is 1.90 bits per heavy atom. The van der Waals surface area contributed by atoms with Crippen LogP contribution in [0.3, 0.4) is 0 Å². The van der Waals surface area contributed by atoms with Crippen LogP contribution in [0.25, 0.3) is 0 Å². The number of nitrogens with one attached hydrogen (secondary N) is 1. The lowest BCUT2D eigenvalue weighted by Gasteiger charge is -2.17. The molecule has 0 saturated heterocycles. The van der Waals surface area contributed by atoms with Crippen molar-refractivity contribution in [3.63, 3.8) is 0 Å². The predicted molar refractivity (Wildman–Crippen MR) is 79.2 cm³/mol. The van der Waals surface area contributed by atoms with Crippen molar-refractivity contribution >= 4 is 27.3 Å². The summed E-state index contributed by atoms with van der Waals surface area (Å²) in [7, 11) is 0. The molecule has 4 nitrogen and oxygen atoms in total. The van der Waals surface area contributed by atoms with Crippen LogP contribution < -0.4 is 5.32 Å². The van der Waals surface area contributed by atoms with Gasteiger partial charge >= 0.3 is 0 Å². The number of nitro groups is 1. The van der Waals surface area contributed by atoms with Crippen LogP contribution in [0.15, 0.2) is 40.9 Å². The van der Waals surface area contributed by atoms with Gasteiger partial charge in [-0.1, -0.05) is 15.9 Å². The molecule has 2 aromatic rings. The SMILES string of the molecule is CC(Nc1ccc([N+](=O)[O-])cc1F)c1cc(Br)ccc1F. The Balaban J connectivity index is 2.25. The fourth-order valence-electron chi connectivity index (χ4n) is 1.89. The molecule has 21 heavy (non-hydrogen) atoms. The number of anilines is 1. The lowest BCUT2D eigenvalue weighted by molar-refractivity contribution is -0.385. The second kappa shape index (κ2) is 6.17. The number of benzene rings is 2. The molecule has 0 amide bonds. The maximum atomic E-state index is 13.8. The smallest absolute Gasteiger partial charge is 0.272 e. The van der Waals surface area contributed by atoms with Crippen molar-refractivity contribution < 1.29 is 13.7 Å². The van der Waals surface area contributed by atoms with Crippen LogP contribution in [0, 0.1) is 21.7 Å². The van der Waals surface area contributed by atoms with Gasteiger partial charge in [-0.2, -0.15) is 0 Å². The van der Waals surface area contributed by atoms with Crippen molar-refractivity contribution in [3.05, 3.63) is 68.2 Å². The molecule has 2 rings (SSSR count). The van der Waals surface area contributed by atoms with E-state index in [0.29, 0.717) is 10.0 Å². The van der Waals surface area contributed by atoms with Crippen molar-refractivity contribution in [2.75, 3.05) is 5.32 Å². The number of hydrogen-bond acceptors (Lipinski definition) is 3. The first kappa shape index (κ1) is 15.4. The molecule has 0 aromatic heterocycles. The van der Waals surface area contributed by atoms with Gasteiger partial charge in [0.1, 0.15) is 5.82 Å². The third kappa shape index (κ3) is 3.55. The van der Waals surface area contributed by atoms with Crippen molar-refractivity contribution in [1.29, 1.82) is 0 Å². The number of nitro benzene ring substituents is 1. The molecule has 110 valence electrons. The van der Waals surface area contributed by atoms with E-state index in [2.05, 4.69) is 21.2 Å². The Kier molecular flexibility index (Phi) is 4.52. The van der Waals surface area contributed by atoms with Gasteiger partial charge < -0.3 is 5.32 Å². The van der Waals surface area contributed by atoms with Gasteiger partial charge in [0.25, 0.3) is 5.69 Å². The molecule has 0 heterocycles. The molecule has 0 aliphatic heterocycles. The van der Waals surface area contributed by atoms with E-state index >= 15 is 0 Å². The Morgan fingerprint density at radius 3 is 2.52 bits per heavy atom. The van der Waals surface area contributed by atoms with E-state index in [0.717, 1.165) is 6.07 Å². The van der Waals surface area contributed by atoms with Crippen molar-refractivity contribution in [3.8, 4) is 0 Å². The van der Waals surface area contributed by atoms with Gasteiger partial charge in [0.05, 0.1) is 22.7 Å². The van der Waals surface area contributed by atoms with Gasteiger partial charge in [0.15, 0.2) is 5.82 Å². The first-order valence-corrected chi connectivity index (χ1v) is 6.83. The van der Waals surface area contributed by atoms with E-state index in [1.54, 1.807) is 19.1 Å². The lowest BCUT2D eigenvalue weighted by Crippen LogP contribution is -2.10. The van der Waals surface area contributed by atoms with Gasteiger partial charge in [-0.05, 0) is 31.2 Å². The summed E-state index contributed by atoms with van der Waals surface area (Å²) >= 11 is 3.25. The highest BCUT2D eigenvalue weighted by Crippen LogP contribution is 2.27. The van der Waals surface area contributed by atoms with Crippen LogP contribution in [-0.2, 0) is 0 Å². The Hall–Kier alpha value is -2.02. The maximum absolute atomic E-state index is 13.8. The fourth-order valence-corrected chi connectivity index (χ4v) is 2.27. The topological polar surface area (TPSA) is 55.2 Å². The van der Waals surface area contributed by atoms with Crippen LogP contribution in [-0.4, -0.2) is 4.92 Å². The van der Waals surface area contributed by atoms with Gasteiger partial charge in [0, 0.05) is 16.1 Å². The number of nitrogens with zero attached hydrogens (tertiary/aromatic N) is 1. The molecular formula is C14H11BrF2N2O2. The summed E-state index contributed by atoms with van der Waals surface area (Å²) in [4.78, 5) is 9.88. The van der Waals surface area contributed by atoms with E-state index in [1.807, 2.05) is 0 Å². The molecule has 0 aliphatic carbocycles. The summed E-state index contributed by atoms with van der Waals surface area (Å²) in [5.74, 6) is -1.17. The summed E-state index contributed by atoms with van der Waals surface area (Å²) < 4.78 is 28.3. The standard InChI is InChI=1S/C14H11BrF2N2O2/c1-8(11-6-9(15)2-4-12(11)16)18-14-5-3-10(19(20)21)7-13(14)17/h2-8,18H,1H3. The fraction of sp³-hybridized carbons (Fsp3) is 0.143. The molecule has 7 heteroatoms. The zero-order valence-corrected chi connectivity index (χ0v) is 12.5. The molecular weight excluding hydrogens is 346 g/mol. The molecule has 0 saturated carbocycles. The second-order valence-corrected chi connectivity index (χ2v) is 5.37. The molecule has 0 bridgehead atoms. The van der Waals surface area contributed by atoms with Crippen LogP contribution >= 0.6 is 15.9 Å². The van der Waals surface area contributed by atoms with Crippen LogP contribution in [0.1, 0.15) is 18.5 Å². The summed E-state index contributed by atoms with van der Waals surface area (Å²) in [5.41, 5.74) is 0.106. The summed E-state index contributed by atoms with van der Waals surface area (Å²) in [6.07, 6.45) is 0. The van der Waals surface area contributed by atoms with Crippen LogP contribution in [0.2, 0.25) is 0 Å². The quantitative estimate of drug-likeness (QED) is 0.631. The molecule has 1 unspecified atom stereocenters. The highest BCUT2D eigenvalue weighted by Gasteiger charge is 2.15. The number of rotatable bonds is 4. The highest BCUT2D eigenvalue weighted by atomic mass is 79.9. The predicted octanol–water partition coefficient (Wildman–Crippen LogP) is 4.81. The number of halogens is 3. The van der Waals surface area contributed by atoms with Gasteiger partial charge in [-0.3, -0.25) is 10.1 Å². The van der Waals surface area contributed by atoms with Crippen molar-refractivity contribution in [2.24, 2.45) is 0 Å². The first-order chi connectivity index (χ1) is 9.88. The molecule has 1 atom stereocenters. The zero-order valence-electron chi connectivity index (χ0n) is 10.9. The monoisotopic (exact) mass is 356 g/mol. The van der Waals surface area contributed by atoms with Crippen molar-refractivity contribution in [1.82, 2.24) is 0 Å². The second-order valence-electron chi connectivity index (χ2n) is 4.45. The highest BCUT2D eigenvalue weighted by molar-refractivity contribution is 9.10. The molecule has 0 radical (unpaired) electrons. The minimum absolute atomic E-state index is 0.0764. The average molecular weight is 357 g/mol. The Morgan fingerprint density at radius 1 is 1.19 bits per heavy atom. The van der Waals surface area contributed by atoms with Crippen molar-refractivity contribution in [2.45, 2.75) is 13.0 Å². The normalized spacial score (nSPS) is 12.0. The lowest BCUT2D eigenvalue weighted by atomic mass is 10.1. The van der Waals surface area contributed by atoms with E-state index in [9.17, 15) is 18.9 Å². The minimum Gasteiger partial charge on any atom is -0.376 e. The van der Waals surface area contributed by atoms with Crippen LogP contribution in [0.5, 0.6) is 0 Å². The Labute approximate surface area is 128 Å². The summed E-state index contributed by atoms with van der Waals surface area (Å²) in [6.45, 7) is 1.67. The molecule has 0 spiro atoms. The largest absolute Gasteiger partial charge is 0.376 e. The maximum Gasteiger partial charge on any atom is 0.272 e.